The van der Waals surface area contributed by atoms with Gasteiger partial charge in [-0.25, -0.2) is 4.39 Å². The highest BCUT2D eigenvalue weighted by Crippen LogP contribution is 2.19. The number of nitrogens with one attached hydrogen (secondary N) is 2. The van der Waals surface area contributed by atoms with Crippen LogP contribution in [0.1, 0.15) is 10.5 Å². The molecular formula is C12H10ClFN4O. The van der Waals surface area contributed by atoms with Crippen LogP contribution in [0.2, 0.25) is 5.02 Å². The number of hydrogen-bond acceptors (Lipinski definition) is 4. The van der Waals surface area contributed by atoms with Gasteiger partial charge in [-0.1, -0.05) is 11.6 Å². The highest BCUT2D eigenvalue weighted by Gasteiger charge is 2.09. The lowest BCUT2D eigenvalue weighted by molar-refractivity contribution is 0.102. The average molecular weight is 281 g/mol. The molecule has 1 heterocycles. The minimum atomic E-state index is -0.607. The molecule has 0 aliphatic heterocycles. The Morgan fingerprint density at radius 3 is 2.74 bits per heavy atom. The third-order valence-corrected chi connectivity index (χ3v) is 2.64. The van der Waals surface area contributed by atoms with E-state index in [2.05, 4.69) is 15.7 Å². The van der Waals surface area contributed by atoms with Crippen LogP contribution in [0.15, 0.2) is 36.5 Å². The molecule has 7 heteroatoms. The third kappa shape index (κ3) is 3.18. The molecule has 0 saturated heterocycles. The molecule has 19 heavy (non-hydrogen) atoms. The van der Waals surface area contributed by atoms with Gasteiger partial charge in [0, 0.05) is 11.9 Å². The summed E-state index contributed by atoms with van der Waals surface area (Å²) in [5.41, 5.74) is 3.40. The van der Waals surface area contributed by atoms with Crippen molar-refractivity contribution in [2.24, 2.45) is 5.84 Å². The zero-order valence-corrected chi connectivity index (χ0v) is 10.4. The van der Waals surface area contributed by atoms with Gasteiger partial charge < -0.3 is 10.7 Å². The second kappa shape index (κ2) is 5.64. The van der Waals surface area contributed by atoms with Gasteiger partial charge in [-0.05, 0) is 30.3 Å². The molecule has 1 aromatic carbocycles. The maximum atomic E-state index is 13.2. The van der Waals surface area contributed by atoms with E-state index >= 15 is 0 Å². The molecule has 1 aromatic heterocycles. The fourth-order valence-electron chi connectivity index (χ4n) is 1.41. The minimum absolute atomic E-state index is 0.00884. The molecule has 0 atom stereocenters. The quantitative estimate of drug-likeness (QED) is 0.596. The van der Waals surface area contributed by atoms with Crippen molar-refractivity contribution in [2.75, 3.05) is 10.7 Å². The lowest BCUT2D eigenvalue weighted by atomic mass is 10.2. The highest BCUT2D eigenvalue weighted by molar-refractivity contribution is 6.30. The number of pyridine rings is 1. The monoisotopic (exact) mass is 280 g/mol. The fourth-order valence-corrected chi connectivity index (χ4v) is 1.53. The predicted octanol–water partition coefficient (Wildman–Crippen LogP) is 2.41. The smallest absolute Gasteiger partial charge is 0.274 e. The van der Waals surface area contributed by atoms with Gasteiger partial charge in [0.15, 0.2) is 0 Å². The first-order valence-corrected chi connectivity index (χ1v) is 5.67. The molecule has 1 amide bonds. The van der Waals surface area contributed by atoms with Crippen molar-refractivity contribution in [3.63, 3.8) is 0 Å². The summed E-state index contributed by atoms with van der Waals surface area (Å²) in [5.74, 6) is 4.15. The molecule has 0 unspecified atom stereocenters. The van der Waals surface area contributed by atoms with Crippen LogP contribution in [0.4, 0.5) is 15.8 Å². The topological polar surface area (TPSA) is 80.0 Å². The number of carbonyl (C=O) groups is 1. The summed E-state index contributed by atoms with van der Waals surface area (Å²) < 4.78 is 13.2. The minimum Gasteiger partial charge on any atom is -0.324 e. The molecule has 4 N–H and O–H groups in total. The van der Waals surface area contributed by atoms with Gasteiger partial charge in [-0.3, -0.25) is 15.6 Å². The number of hydrogen-bond donors (Lipinski definition) is 3. The van der Waals surface area contributed by atoms with Gasteiger partial charge in [0.25, 0.3) is 5.91 Å². The molecule has 0 saturated carbocycles. The van der Waals surface area contributed by atoms with Gasteiger partial charge >= 0.3 is 0 Å². The first kappa shape index (κ1) is 13.3. The Labute approximate surface area is 113 Å². The molecule has 98 valence electrons. The molecule has 0 aliphatic rings. The SMILES string of the molecule is NNc1ccnc(C(=O)Nc2ccc(Cl)c(F)c2)c1. The van der Waals surface area contributed by atoms with Gasteiger partial charge in [-0.2, -0.15) is 0 Å². The Bertz CT molecular complexity index is 620. The molecule has 0 aliphatic carbocycles. The van der Waals surface area contributed by atoms with E-state index in [-0.39, 0.29) is 10.7 Å². The molecular weight excluding hydrogens is 271 g/mol. The van der Waals surface area contributed by atoms with Crippen molar-refractivity contribution in [1.29, 1.82) is 0 Å². The number of nitrogen functional groups attached to an aromatic ring is 1. The molecule has 5 nitrogen and oxygen atoms in total. The van der Waals surface area contributed by atoms with Crippen molar-refractivity contribution < 1.29 is 9.18 Å². The van der Waals surface area contributed by atoms with Gasteiger partial charge in [-0.15, -0.1) is 0 Å². The lowest BCUT2D eigenvalue weighted by Gasteiger charge is -2.06. The highest BCUT2D eigenvalue weighted by atomic mass is 35.5. The number of hydrazine groups is 1. The van der Waals surface area contributed by atoms with E-state index < -0.39 is 11.7 Å². The van der Waals surface area contributed by atoms with Crippen LogP contribution in [0, 0.1) is 5.82 Å². The van der Waals surface area contributed by atoms with Crippen LogP contribution >= 0.6 is 11.6 Å². The van der Waals surface area contributed by atoms with E-state index in [1.807, 2.05) is 0 Å². The van der Waals surface area contributed by atoms with Gasteiger partial charge in [0.05, 0.1) is 10.7 Å². The second-order valence-corrected chi connectivity index (χ2v) is 4.06. The second-order valence-electron chi connectivity index (χ2n) is 3.66. The third-order valence-electron chi connectivity index (χ3n) is 2.34. The lowest BCUT2D eigenvalue weighted by Crippen LogP contribution is -2.15. The number of rotatable bonds is 3. The Morgan fingerprint density at radius 2 is 2.05 bits per heavy atom. The molecule has 0 bridgehead atoms. The Balaban J connectivity index is 2.18. The van der Waals surface area contributed by atoms with Crippen LogP contribution in [0.5, 0.6) is 0 Å². The van der Waals surface area contributed by atoms with Crippen molar-refractivity contribution >= 4 is 28.9 Å². The van der Waals surface area contributed by atoms with E-state index in [1.165, 1.54) is 24.4 Å². The van der Waals surface area contributed by atoms with Crippen molar-refractivity contribution in [3.8, 4) is 0 Å². The largest absolute Gasteiger partial charge is 0.324 e. The summed E-state index contributed by atoms with van der Waals surface area (Å²) in [7, 11) is 0. The van der Waals surface area contributed by atoms with Gasteiger partial charge in [0.2, 0.25) is 0 Å². The van der Waals surface area contributed by atoms with E-state index in [1.54, 1.807) is 6.07 Å². The number of nitrogens with zero attached hydrogens (tertiary/aromatic N) is 1. The molecule has 0 radical (unpaired) electrons. The summed E-state index contributed by atoms with van der Waals surface area (Å²) in [5, 5.41) is 2.50. The first-order valence-electron chi connectivity index (χ1n) is 5.29. The maximum absolute atomic E-state index is 13.2. The fraction of sp³-hybridized carbons (Fsp3) is 0. The van der Waals surface area contributed by atoms with Crippen molar-refractivity contribution in [2.45, 2.75) is 0 Å². The normalized spacial score (nSPS) is 10.1. The van der Waals surface area contributed by atoms with Crippen LogP contribution < -0.4 is 16.6 Å². The molecule has 2 rings (SSSR count). The van der Waals surface area contributed by atoms with Gasteiger partial charge in [0.1, 0.15) is 11.5 Å². The van der Waals surface area contributed by atoms with E-state index in [0.29, 0.717) is 11.4 Å². The average Bonchev–Trinajstić information content (AvgIpc) is 2.43. The van der Waals surface area contributed by atoms with E-state index in [4.69, 9.17) is 17.4 Å². The van der Waals surface area contributed by atoms with E-state index in [9.17, 15) is 9.18 Å². The Kier molecular flexibility index (Phi) is 3.94. The first-order chi connectivity index (χ1) is 9.10. The number of amides is 1. The number of halogens is 2. The summed E-state index contributed by atoms with van der Waals surface area (Å²) in [6.07, 6.45) is 1.44. The number of benzene rings is 1. The standard InChI is InChI=1S/C12H10ClFN4O/c13-9-2-1-7(5-10(9)14)17-12(19)11-6-8(18-15)3-4-16-11/h1-6H,15H2,(H,16,18)(H,17,19). The van der Waals surface area contributed by atoms with Crippen LogP contribution in [-0.4, -0.2) is 10.9 Å². The summed E-state index contributed by atoms with van der Waals surface area (Å²) in [6, 6.07) is 7.07. The van der Waals surface area contributed by atoms with Crippen LogP contribution in [0.25, 0.3) is 0 Å². The maximum Gasteiger partial charge on any atom is 0.274 e. The predicted molar refractivity (Wildman–Crippen MR) is 71.4 cm³/mol. The van der Waals surface area contributed by atoms with Crippen molar-refractivity contribution in [3.05, 3.63) is 53.1 Å². The zero-order valence-electron chi connectivity index (χ0n) is 9.65. The van der Waals surface area contributed by atoms with Crippen LogP contribution in [0.3, 0.4) is 0 Å². The molecule has 2 aromatic rings. The molecule has 0 spiro atoms. The number of nitrogens with two attached hydrogens (primary N) is 1. The molecule has 0 fully saturated rings. The van der Waals surface area contributed by atoms with E-state index in [0.717, 1.165) is 6.07 Å². The number of anilines is 2. The zero-order chi connectivity index (χ0) is 13.8. The summed E-state index contributed by atoms with van der Waals surface area (Å²) >= 11 is 5.55. The summed E-state index contributed by atoms with van der Waals surface area (Å²) in [6.45, 7) is 0. The number of aromatic nitrogens is 1. The summed E-state index contributed by atoms with van der Waals surface area (Å²) in [4.78, 5) is 15.8. The van der Waals surface area contributed by atoms with Crippen molar-refractivity contribution in [1.82, 2.24) is 4.98 Å². The Hall–Kier alpha value is -2.18. The van der Waals surface area contributed by atoms with Crippen LogP contribution in [-0.2, 0) is 0 Å². The number of carbonyl (C=O) groups excluding carboxylic acids is 1. The Morgan fingerprint density at radius 1 is 1.26 bits per heavy atom.